The molecule has 94 valence electrons. The summed E-state index contributed by atoms with van der Waals surface area (Å²) < 4.78 is 26.6. The zero-order valence-electron chi connectivity index (χ0n) is 8.87. The number of aliphatic hydroxyl groups excluding tert-OH is 1. The number of benzene rings is 1. The van der Waals surface area contributed by atoms with E-state index < -0.39 is 17.7 Å². The molecule has 1 unspecified atom stereocenters. The summed E-state index contributed by atoms with van der Waals surface area (Å²) >= 11 is 11.5. The van der Waals surface area contributed by atoms with E-state index in [4.69, 9.17) is 23.2 Å². The minimum atomic E-state index is -1.41. The molecule has 0 saturated carbocycles. The van der Waals surface area contributed by atoms with E-state index in [0.717, 1.165) is 18.2 Å². The standard InChI is InChI=1S/C12H7Cl2F2NO/c13-9-5-17-11(14)4-7(9)12(18)8-3-6(15)1-2-10(8)16/h1-5,12,18H. The topological polar surface area (TPSA) is 33.1 Å². The summed E-state index contributed by atoms with van der Waals surface area (Å²) in [5.74, 6) is -1.38. The van der Waals surface area contributed by atoms with Crippen LogP contribution >= 0.6 is 23.2 Å². The smallest absolute Gasteiger partial charge is 0.129 e. The summed E-state index contributed by atoms with van der Waals surface area (Å²) in [5.41, 5.74) is -0.0414. The minimum Gasteiger partial charge on any atom is -0.383 e. The molecule has 0 fully saturated rings. The van der Waals surface area contributed by atoms with Gasteiger partial charge in [-0.25, -0.2) is 13.8 Å². The molecule has 0 bridgehead atoms. The zero-order chi connectivity index (χ0) is 13.3. The van der Waals surface area contributed by atoms with Crippen LogP contribution in [0.4, 0.5) is 8.78 Å². The quantitative estimate of drug-likeness (QED) is 0.854. The van der Waals surface area contributed by atoms with Gasteiger partial charge in [-0.15, -0.1) is 0 Å². The van der Waals surface area contributed by atoms with Crippen LogP contribution in [-0.4, -0.2) is 10.1 Å². The lowest BCUT2D eigenvalue weighted by Gasteiger charge is -2.14. The molecule has 0 aliphatic carbocycles. The van der Waals surface area contributed by atoms with Crippen LogP contribution < -0.4 is 0 Å². The Balaban J connectivity index is 2.50. The van der Waals surface area contributed by atoms with Gasteiger partial charge in [-0.3, -0.25) is 0 Å². The average molecular weight is 290 g/mol. The molecule has 6 heteroatoms. The van der Waals surface area contributed by atoms with E-state index in [1.165, 1.54) is 12.3 Å². The van der Waals surface area contributed by atoms with E-state index in [2.05, 4.69) is 4.98 Å². The number of aliphatic hydroxyl groups is 1. The van der Waals surface area contributed by atoms with Crippen LogP contribution in [0, 0.1) is 11.6 Å². The largest absolute Gasteiger partial charge is 0.383 e. The highest BCUT2D eigenvalue weighted by atomic mass is 35.5. The van der Waals surface area contributed by atoms with Gasteiger partial charge in [0.1, 0.15) is 22.9 Å². The Labute approximate surface area is 112 Å². The van der Waals surface area contributed by atoms with Crippen molar-refractivity contribution in [3.8, 4) is 0 Å². The fourth-order valence-electron chi connectivity index (χ4n) is 1.53. The number of rotatable bonds is 2. The van der Waals surface area contributed by atoms with E-state index in [1.807, 2.05) is 0 Å². The third-order valence-electron chi connectivity index (χ3n) is 2.40. The average Bonchev–Trinajstić information content (AvgIpc) is 2.34. The highest BCUT2D eigenvalue weighted by molar-refractivity contribution is 6.32. The van der Waals surface area contributed by atoms with Crippen molar-refractivity contribution in [1.29, 1.82) is 0 Å². The molecule has 0 aliphatic heterocycles. The van der Waals surface area contributed by atoms with Crippen LogP contribution in [-0.2, 0) is 0 Å². The van der Waals surface area contributed by atoms with E-state index in [0.29, 0.717) is 0 Å². The van der Waals surface area contributed by atoms with E-state index in [-0.39, 0.29) is 21.3 Å². The van der Waals surface area contributed by atoms with Crippen molar-refractivity contribution >= 4 is 23.2 Å². The van der Waals surface area contributed by atoms with Gasteiger partial charge in [0, 0.05) is 17.3 Å². The summed E-state index contributed by atoms with van der Waals surface area (Å²) in [6, 6.07) is 4.11. The number of nitrogens with zero attached hydrogens (tertiary/aromatic N) is 1. The molecule has 2 aromatic rings. The molecule has 0 amide bonds. The van der Waals surface area contributed by atoms with Crippen molar-refractivity contribution in [2.24, 2.45) is 0 Å². The van der Waals surface area contributed by atoms with Crippen LogP contribution in [0.15, 0.2) is 30.5 Å². The van der Waals surface area contributed by atoms with Gasteiger partial charge < -0.3 is 5.11 Å². The van der Waals surface area contributed by atoms with Gasteiger partial charge in [0.05, 0.1) is 5.02 Å². The Hall–Kier alpha value is -1.23. The van der Waals surface area contributed by atoms with Crippen molar-refractivity contribution < 1.29 is 13.9 Å². The molecular formula is C12H7Cl2F2NO. The molecular weight excluding hydrogens is 283 g/mol. The Bertz CT molecular complexity index is 541. The molecule has 0 saturated heterocycles. The molecule has 1 aromatic carbocycles. The number of hydrogen-bond acceptors (Lipinski definition) is 2. The van der Waals surface area contributed by atoms with E-state index in [1.54, 1.807) is 0 Å². The maximum Gasteiger partial charge on any atom is 0.129 e. The summed E-state index contributed by atoms with van der Waals surface area (Å²) in [5, 5.41) is 10.2. The van der Waals surface area contributed by atoms with Crippen molar-refractivity contribution in [2.75, 3.05) is 0 Å². The maximum absolute atomic E-state index is 13.5. The molecule has 0 spiro atoms. The third-order valence-corrected chi connectivity index (χ3v) is 2.92. The summed E-state index contributed by atoms with van der Waals surface area (Å²) in [6.45, 7) is 0. The zero-order valence-corrected chi connectivity index (χ0v) is 10.4. The summed E-state index contributed by atoms with van der Waals surface area (Å²) in [7, 11) is 0. The number of aromatic nitrogens is 1. The highest BCUT2D eigenvalue weighted by Crippen LogP contribution is 2.31. The highest BCUT2D eigenvalue weighted by Gasteiger charge is 2.19. The number of halogens is 4. The molecule has 0 radical (unpaired) electrons. The Morgan fingerprint density at radius 3 is 2.56 bits per heavy atom. The SMILES string of the molecule is OC(c1cc(F)ccc1F)c1cc(Cl)ncc1Cl. The van der Waals surface area contributed by atoms with E-state index >= 15 is 0 Å². The van der Waals surface area contributed by atoms with Crippen LogP contribution in [0.25, 0.3) is 0 Å². The monoisotopic (exact) mass is 289 g/mol. The van der Waals surface area contributed by atoms with Crippen molar-refractivity contribution in [3.05, 3.63) is 63.4 Å². The second kappa shape index (κ2) is 5.18. The molecule has 0 aliphatic rings. The first-order valence-corrected chi connectivity index (χ1v) is 5.68. The maximum atomic E-state index is 13.5. The molecule has 1 atom stereocenters. The predicted molar refractivity (Wildman–Crippen MR) is 64.7 cm³/mol. The molecule has 1 N–H and O–H groups in total. The molecule has 1 heterocycles. The fraction of sp³-hybridized carbons (Fsp3) is 0.0833. The van der Waals surface area contributed by atoms with Gasteiger partial charge in [-0.1, -0.05) is 23.2 Å². The number of hydrogen-bond donors (Lipinski definition) is 1. The Morgan fingerprint density at radius 1 is 1.11 bits per heavy atom. The van der Waals surface area contributed by atoms with Crippen LogP contribution in [0.3, 0.4) is 0 Å². The van der Waals surface area contributed by atoms with Gasteiger partial charge >= 0.3 is 0 Å². The summed E-state index contributed by atoms with van der Waals surface area (Å²) in [4.78, 5) is 3.71. The lowest BCUT2D eigenvalue weighted by atomic mass is 10.0. The Kier molecular flexibility index (Phi) is 3.80. The lowest BCUT2D eigenvalue weighted by molar-refractivity contribution is 0.214. The second-order valence-corrected chi connectivity index (χ2v) is 4.39. The first kappa shape index (κ1) is 13.2. The summed E-state index contributed by atoms with van der Waals surface area (Å²) in [6.07, 6.45) is -0.173. The van der Waals surface area contributed by atoms with Gasteiger partial charge in [0.25, 0.3) is 0 Å². The molecule has 1 aromatic heterocycles. The van der Waals surface area contributed by atoms with Gasteiger partial charge in [0.2, 0.25) is 0 Å². The predicted octanol–water partition coefficient (Wildman–Crippen LogP) is 3.75. The van der Waals surface area contributed by atoms with E-state index in [9.17, 15) is 13.9 Å². The Morgan fingerprint density at radius 2 is 1.83 bits per heavy atom. The third kappa shape index (κ3) is 2.61. The van der Waals surface area contributed by atoms with Crippen LogP contribution in [0.2, 0.25) is 10.2 Å². The van der Waals surface area contributed by atoms with Crippen LogP contribution in [0.1, 0.15) is 17.2 Å². The van der Waals surface area contributed by atoms with Crippen molar-refractivity contribution in [1.82, 2.24) is 4.98 Å². The van der Waals surface area contributed by atoms with Gasteiger partial charge in [0.15, 0.2) is 0 Å². The normalized spacial score (nSPS) is 12.5. The second-order valence-electron chi connectivity index (χ2n) is 3.60. The van der Waals surface area contributed by atoms with Crippen molar-refractivity contribution in [3.63, 3.8) is 0 Å². The first-order chi connectivity index (χ1) is 8.49. The molecule has 18 heavy (non-hydrogen) atoms. The minimum absolute atomic E-state index is 0.102. The van der Waals surface area contributed by atoms with Gasteiger partial charge in [-0.05, 0) is 24.3 Å². The van der Waals surface area contributed by atoms with Crippen molar-refractivity contribution in [2.45, 2.75) is 6.10 Å². The van der Waals surface area contributed by atoms with Crippen LogP contribution in [0.5, 0.6) is 0 Å². The molecule has 2 nitrogen and oxygen atoms in total. The first-order valence-electron chi connectivity index (χ1n) is 4.93. The number of pyridine rings is 1. The fourth-order valence-corrected chi connectivity index (χ4v) is 1.90. The molecule has 2 rings (SSSR count). The lowest BCUT2D eigenvalue weighted by Crippen LogP contribution is -2.04. The van der Waals surface area contributed by atoms with Gasteiger partial charge in [-0.2, -0.15) is 0 Å².